The molecule has 8 heteroatoms. The summed E-state index contributed by atoms with van der Waals surface area (Å²) < 4.78 is 37.5. The Kier molecular flexibility index (Phi) is 7.14. The highest BCUT2D eigenvalue weighted by Gasteiger charge is 2.33. The van der Waals surface area contributed by atoms with Gasteiger partial charge in [-0.25, -0.2) is 0 Å². The van der Waals surface area contributed by atoms with Crippen molar-refractivity contribution in [3.05, 3.63) is 78.1 Å². The van der Waals surface area contributed by atoms with E-state index in [9.17, 15) is 22.8 Å². The molecule has 34 heavy (non-hydrogen) atoms. The van der Waals surface area contributed by atoms with Gasteiger partial charge in [0.15, 0.2) is 0 Å². The van der Waals surface area contributed by atoms with Crippen LogP contribution in [0, 0.1) is 0 Å². The minimum atomic E-state index is -4.35. The average molecular weight is 470 g/mol. The van der Waals surface area contributed by atoms with Crippen LogP contribution < -0.4 is 0 Å². The Balaban J connectivity index is 1.50. The van der Waals surface area contributed by atoms with Crippen LogP contribution in [0.1, 0.15) is 41.7 Å². The number of hydrogen-bond acceptors (Lipinski definition) is 3. The number of rotatable bonds is 6. The minimum absolute atomic E-state index is 0.146. The zero-order valence-corrected chi connectivity index (χ0v) is 18.7. The number of aromatic nitrogens is 1. The predicted molar refractivity (Wildman–Crippen MR) is 123 cm³/mol. The molecule has 0 saturated carbocycles. The summed E-state index contributed by atoms with van der Waals surface area (Å²) in [5.74, 6) is -0.690. The molecule has 1 aromatic heterocycles. The van der Waals surface area contributed by atoms with E-state index in [-0.39, 0.29) is 11.9 Å². The Labute approximate surface area is 196 Å². The number of halogens is 3. The molecule has 2 aromatic carbocycles. The van der Waals surface area contributed by atoms with Crippen LogP contribution in [0.25, 0.3) is 10.8 Å². The maximum atomic E-state index is 13.6. The lowest BCUT2D eigenvalue weighted by Gasteiger charge is -2.38. The molecule has 178 valence electrons. The van der Waals surface area contributed by atoms with Crippen LogP contribution in [0.5, 0.6) is 0 Å². The fourth-order valence-electron chi connectivity index (χ4n) is 4.33. The van der Waals surface area contributed by atoms with Crippen molar-refractivity contribution in [3.63, 3.8) is 0 Å². The molecule has 0 N–H and O–H groups in total. The Bertz CT molecular complexity index is 1140. The van der Waals surface area contributed by atoms with Gasteiger partial charge in [0.05, 0.1) is 6.42 Å². The zero-order chi connectivity index (χ0) is 24.1. The molecule has 0 unspecified atom stereocenters. The highest BCUT2D eigenvalue weighted by atomic mass is 19.4. The summed E-state index contributed by atoms with van der Waals surface area (Å²) in [6, 6.07) is 18.9. The number of piperidine rings is 1. The van der Waals surface area contributed by atoms with Crippen LogP contribution in [0.4, 0.5) is 13.2 Å². The molecule has 0 bridgehead atoms. The van der Waals surface area contributed by atoms with Crippen molar-refractivity contribution >= 4 is 22.6 Å². The van der Waals surface area contributed by atoms with E-state index < -0.39 is 24.9 Å². The fourth-order valence-corrected chi connectivity index (χ4v) is 4.33. The van der Waals surface area contributed by atoms with Gasteiger partial charge in [-0.3, -0.25) is 14.6 Å². The topological polar surface area (TPSA) is 53.5 Å². The molecule has 5 nitrogen and oxygen atoms in total. The largest absolute Gasteiger partial charge is 0.389 e. The van der Waals surface area contributed by atoms with Gasteiger partial charge in [0.25, 0.3) is 5.91 Å². The number of amides is 2. The van der Waals surface area contributed by atoms with Crippen LogP contribution in [-0.4, -0.2) is 51.9 Å². The van der Waals surface area contributed by atoms with E-state index in [2.05, 4.69) is 4.98 Å². The van der Waals surface area contributed by atoms with Crippen LogP contribution in [-0.2, 0) is 11.3 Å². The first-order chi connectivity index (χ1) is 16.3. The normalized spacial score (nSPS) is 14.9. The minimum Gasteiger partial charge on any atom is -0.343 e. The lowest BCUT2D eigenvalue weighted by atomic mass is 10.0. The maximum Gasteiger partial charge on any atom is 0.389 e. The van der Waals surface area contributed by atoms with Gasteiger partial charge in [0, 0.05) is 43.7 Å². The number of carbonyl (C=O) groups is 2. The van der Waals surface area contributed by atoms with E-state index in [1.165, 1.54) is 4.90 Å². The summed E-state index contributed by atoms with van der Waals surface area (Å²) in [4.78, 5) is 33.5. The molecule has 1 fully saturated rings. The van der Waals surface area contributed by atoms with Crippen LogP contribution in [0.2, 0.25) is 0 Å². The van der Waals surface area contributed by atoms with Crippen molar-refractivity contribution in [2.45, 2.75) is 44.4 Å². The molecule has 0 spiro atoms. The number of likely N-dealkylation sites (tertiary alicyclic amines) is 1. The second-order valence-corrected chi connectivity index (χ2v) is 8.56. The third-order valence-electron chi connectivity index (χ3n) is 6.19. The van der Waals surface area contributed by atoms with Crippen LogP contribution in [0.3, 0.4) is 0 Å². The first kappa shape index (κ1) is 23.7. The van der Waals surface area contributed by atoms with Crippen molar-refractivity contribution in [1.82, 2.24) is 14.8 Å². The first-order valence-electron chi connectivity index (χ1n) is 11.3. The average Bonchev–Trinajstić information content (AvgIpc) is 2.85. The monoisotopic (exact) mass is 469 g/mol. The molecule has 2 amide bonds. The van der Waals surface area contributed by atoms with E-state index in [1.54, 1.807) is 17.2 Å². The molecule has 1 aliphatic heterocycles. The maximum absolute atomic E-state index is 13.6. The number of fused-ring (bicyclic) bond motifs is 1. The second-order valence-electron chi connectivity index (χ2n) is 8.56. The van der Waals surface area contributed by atoms with Crippen molar-refractivity contribution in [3.8, 4) is 0 Å². The summed E-state index contributed by atoms with van der Waals surface area (Å²) in [5, 5.41) is 1.87. The fraction of sp³-hybridized carbons (Fsp3) is 0.346. The molecule has 3 aromatic rings. The van der Waals surface area contributed by atoms with Crippen molar-refractivity contribution < 1.29 is 22.8 Å². The number of alkyl halides is 3. The quantitative estimate of drug-likeness (QED) is 0.498. The summed E-state index contributed by atoms with van der Waals surface area (Å²) in [6.07, 6.45) is -3.31. The highest BCUT2D eigenvalue weighted by Crippen LogP contribution is 2.25. The van der Waals surface area contributed by atoms with Gasteiger partial charge in [-0.2, -0.15) is 13.2 Å². The Hall–Kier alpha value is -3.42. The van der Waals surface area contributed by atoms with Crippen molar-refractivity contribution in [2.24, 2.45) is 0 Å². The number of hydrogen-bond donors (Lipinski definition) is 0. The van der Waals surface area contributed by atoms with Crippen LogP contribution in [0.15, 0.2) is 66.9 Å². The van der Waals surface area contributed by atoms with Gasteiger partial charge in [-0.15, -0.1) is 0 Å². The van der Waals surface area contributed by atoms with E-state index in [1.807, 2.05) is 54.6 Å². The molecule has 4 rings (SSSR count). The molecule has 0 aliphatic carbocycles. The van der Waals surface area contributed by atoms with E-state index in [0.29, 0.717) is 38.2 Å². The molecular weight excluding hydrogens is 443 g/mol. The predicted octanol–water partition coefficient (Wildman–Crippen LogP) is 5.21. The van der Waals surface area contributed by atoms with Gasteiger partial charge >= 0.3 is 6.18 Å². The highest BCUT2D eigenvalue weighted by molar-refractivity contribution is 5.96. The number of nitrogens with zero attached hydrogens (tertiary/aromatic N) is 3. The first-order valence-corrected chi connectivity index (χ1v) is 11.3. The third-order valence-corrected chi connectivity index (χ3v) is 6.19. The van der Waals surface area contributed by atoms with Crippen molar-refractivity contribution in [1.29, 1.82) is 0 Å². The van der Waals surface area contributed by atoms with Gasteiger partial charge in [-0.05, 0) is 29.9 Å². The SMILES string of the molecule is O=C(CCC(F)(F)F)N1CCC(N(Cc2ccccc2)C(=O)c2cc3ccccc3cn2)CC1. The summed E-state index contributed by atoms with van der Waals surface area (Å²) in [5.41, 5.74) is 1.32. The Morgan fingerprint density at radius 1 is 0.971 bits per heavy atom. The Morgan fingerprint density at radius 3 is 2.29 bits per heavy atom. The molecule has 0 atom stereocenters. The number of carbonyl (C=O) groups excluding carboxylic acids is 2. The Morgan fingerprint density at radius 2 is 1.62 bits per heavy atom. The second kappa shape index (κ2) is 10.2. The van der Waals surface area contributed by atoms with E-state index in [4.69, 9.17) is 0 Å². The smallest absolute Gasteiger partial charge is 0.343 e. The van der Waals surface area contributed by atoms with Crippen LogP contribution >= 0.6 is 0 Å². The summed E-state index contributed by atoms with van der Waals surface area (Å²) in [6.45, 7) is 1.04. The summed E-state index contributed by atoms with van der Waals surface area (Å²) in [7, 11) is 0. The van der Waals surface area contributed by atoms with E-state index >= 15 is 0 Å². The third kappa shape index (κ3) is 5.92. The van der Waals surface area contributed by atoms with Gasteiger partial charge in [0.2, 0.25) is 5.91 Å². The molecule has 0 radical (unpaired) electrons. The molecule has 1 aliphatic rings. The van der Waals surface area contributed by atoms with Gasteiger partial charge in [-0.1, -0.05) is 54.6 Å². The standard InChI is InChI=1S/C26H26F3N3O2/c27-26(28,29)13-10-24(33)31-14-11-22(12-15-31)32(18-19-6-2-1-3-7-19)25(34)23-16-20-8-4-5-9-21(20)17-30-23/h1-9,16-17,22H,10-15,18H2. The number of benzene rings is 2. The van der Waals surface area contributed by atoms with Gasteiger partial charge < -0.3 is 9.80 Å². The lowest BCUT2D eigenvalue weighted by molar-refractivity contribution is -0.149. The molecular formula is C26H26F3N3O2. The summed E-state index contributed by atoms with van der Waals surface area (Å²) >= 11 is 0. The van der Waals surface area contributed by atoms with Gasteiger partial charge in [0.1, 0.15) is 5.69 Å². The molecule has 2 heterocycles. The van der Waals surface area contributed by atoms with Crippen molar-refractivity contribution in [2.75, 3.05) is 13.1 Å². The van der Waals surface area contributed by atoms with E-state index in [0.717, 1.165) is 16.3 Å². The molecule has 1 saturated heterocycles. The lowest BCUT2D eigenvalue weighted by Crippen LogP contribution is -2.48. The number of pyridine rings is 1. The zero-order valence-electron chi connectivity index (χ0n) is 18.7.